The summed E-state index contributed by atoms with van der Waals surface area (Å²) in [5, 5.41) is 0. The Labute approximate surface area is 50.8 Å². The molecule has 1 rings (SSSR count). The topological polar surface area (TPSA) is 8.81 Å². The summed E-state index contributed by atoms with van der Waals surface area (Å²) in [4.78, 5) is 0. The molecule has 3 radical (unpaired) electrons. The second-order valence-electron chi connectivity index (χ2n) is 1.57. The van der Waals surface area contributed by atoms with Crippen LogP contribution in [0.5, 0.6) is 0 Å². The predicted octanol–water partition coefficient (Wildman–Crippen LogP) is -0.777. The summed E-state index contributed by atoms with van der Waals surface area (Å²) in [6.45, 7) is 1.94. The molecule has 0 N–H and O–H groups in total. The Morgan fingerprint density at radius 3 is 2.75 bits per heavy atom. The van der Waals surface area contributed by atoms with Gasteiger partial charge in [0, 0.05) is 0 Å². The molecule has 0 aliphatic heterocycles. The molecule has 0 saturated heterocycles. The molecular formula is C4H6B2N2+. The molecule has 0 unspecified atom stereocenters. The van der Waals surface area contributed by atoms with Crippen LogP contribution in [0.3, 0.4) is 0 Å². The Morgan fingerprint density at radius 2 is 2.50 bits per heavy atom. The van der Waals surface area contributed by atoms with E-state index in [1.165, 1.54) is 4.48 Å². The zero-order valence-corrected chi connectivity index (χ0v) is 4.78. The highest BCUT2D eigenvalue weighted by molar-refractivity contribution is 6.31. The molecule has 1 aromatic heterocycles. The minimum Gasteiger partial charge on any atom is -0.308 e. The van der Waals surface area contributed by atoms with E-state index >= 15 is 0 Å². The van der Waals surface area contributed by atoms with E-state index in [1.807, 2.05) is 24.9 Å². The molecule has 1 aromatic rings. The minimum absolute atomic E-state index is 1.50. The Kier molecular flexibility index (Phi) is 1.42. The predicted molar refractivity (Wildman–Crippen MR) is 32.8 cm³/mol. The van der Waals surface area contributed by atoms with E-state index in [0.29, 0.717) is 0 Å². The largest absolute Gasteiger partial charge is 0.408 e. The van der Waals surface area contributed by atoms with Crippen molar-refractivity contribution in [3.8, 4) is 0 Å². The van der Waals surface area contributed by atoms with Crippen molar-refractivity contribution in [3.05, 3.63) is 18.7 Å². The van der Waals surface area contributed by atoms with Gasteiger partial charge in [-0.15, -0.1) is 0 Å². The van der Waals surface area contributed by atoms with Crippen LogP contribution >= 0.6 is 0 Å². The summed E-state index contributed by atoms with van der Waals surface area (Å²) in [5.74, 6) is 0. The fraction of sp³-hybridized carbons (Fsp3) is 0.250. The van der Waals surface area contributed by atoms with Crippen molar-refractivity contribution >= 4 is 15.4 Å². The van der Waals surface area contributed by atoms with Gasteiger partial charge in [0.1, 0.15) is 12.4 Å². The number of aromatic nitrogens is 2. The second kappa shape index (κ2) is 2.07. The fourth-order valence-corrected chi connectivity index (χ4v) is 0.538. The van der Waals surface area contributed by atoms with E-state index in [4.69, 9.17) is 7.98 Å². The number of imidazole rings is 1. The summed E-state index contributed by atoms with van der Waals surface area (Å²) in [6.07, 6.45) is 5.43. The van der Waals surface area contributed by atoms with E-state index in [0.717, 1.165) is 0 Å². The quantitative estimate of drug-likeness (QED) is 0.413. The molecule has 0 aromatic carbocycles. The highest BCUT2D eigenvalue weighted by Crippen LogP contribution is 1.74. The molecule has 0 aliphatic rings. The minimum atomic E-state index is 1.50. The van der Waals surface area contributed by atoms with Crippen molar-refractivity contribution in [2.24, 2.45) is 0 Å². The van der Waals surface area contributed by atoms with Crippen molar-refractivity contribution in [1.29, 1.82) is 0 Å². The fourth-order valence-electron chi connectivity index (χ4n) is 0.538. The first kappa shape index (κ1) is 5.48. The normalized spacial score (nSPS) is 9.12. The Balaban J connectivity index is 2.84. The Bertz CT molecular complexity index is 172. The van der Waals surface area contributed by atoms with Gasteiger partial charge in [0.25, 0.3) is 0 Å². The first-order valence-electron chi connectivity index (χ1n) is 2.46. The first-order chi connectivity index (χ1) is 3.83. The van der Waals surface area contributed by atoms with Gasteiger partial charge < -0.3 is 8.96 Å². The molecule has 0 saturated carbocycles. The van der Waals surface area contributed by atoms with Crippen LogP contribution in [0.4, 0.5) is 0 Å². The van der Waals surface area contributed by atoms with E-state index in [-0.39, 0.29) is 0 Å². The lowest BCUT2D eigenvalue weighted by Gasteiger charge is -1.78. The summed E-state index contributed by atoms with van der Waals surface area (Å²) >= 11 is 0. The van der Waals surface area contributed by atoms with Crippen LogP contribution in [0.15, 0.2) is 18.7 Å². The van der Waals surface area contributed by atoms with Crippen molar-refractivity contribution in [1.82, 2.24) is 4.48 Å². The smallest absolute Gasteiger partial charge is 0.308 e. The SMILES string of the molecule is [B][n+]1ccn([B]C)c1. The van der Waals surface area contributed by atoms with Crippen LogP contribution in [0, 0.1) is 0 Å². The van der Waals surface area contributed by atoms with Crippen molar-refractivity contribution in [2.45, 2.75) is 6.82 Å². The van der Waals surface area contributed by atoms with Crippen molar-refractivity contribution in [2.75, 3.05) is 0 Å². The number of hydrogen-bond donors (Lipinski definition) is 0. The molecule has 0 fully saturated rings. The van der Waals surface area contributed by atoms with Crippen LogP contribution in [0.2, 0.25) is 6.82 Å². The molecule has 0 atom stereocenters. The zero-order valence-electron chi connectivity index (χ0n) is 4.78. The van der Waals surface area contributed by atoms with E-state index < -0.39 is 0 Å². The van der Waals surface area contributed by atoms with E-state index in [2.05, 4.69) is 0 Å². The summed E-state index contributed by atoms with van der Waals surface area (Å²) < 4.78 is 3.38. The maximum atomic E-state index is 5.33. The molecule has 1 heterocycles. The Hall–Kier alpha value is -0.660. The highest BCUT2D eigenvalue weighted by Gasteiger charge is 1.95. The van der Waals surface area contributed by atoms with E-state index in [9.17, 15) is 0 Å². The molecule has 37 valence electrons. The average molecular weight is 104 g/mol. The molecule has 0 bridgehead atoms. The highest BCUT2D eigenvalue weighted by atomic mass is 15.0. The van der Waals surface area contributed by atoms with Gasteiger partial charge >= 0.3 is 15.4 Å². The molecule has 2 nitrogen and oxygen atoms in total. The van der Waals surface area contributed by atoms with E-state index in [1.54, 1.807) is 12.5 Å². The molecule has 0 amide bonds. The lowest BCUT2D eigenvalue weighted by Crippen LogP contribution is -2.27. The third-order valence-corrected chi connectivity index (χ3v) is 0.976. The van der Waals surface area contributed by atoms with Gasteiger partial charge in [-0.3, -0.25) is 0 Å². The number of hydrogen-bond acceptors (Lipinski definition) is 0. The third kappa shape index (κ3) is 0.941. The lowest BCUT2D eigenvalue weighted by molar-refractivity contribution is -0.520. The zero-order chi connectivity index (χ0) is 5.98. The van der Waals surface area contributed by atoms with Crippen LogP contribution < -0.4 is 4.48 Å². The maximum absolute atomic E-state index is 5.33. The summed E-state index contributed by atoms with van der Waals surface area (Å²) in [7, 11) is 7.25. The lowest BCUT2D eigenvalue weighted by atomic mass is 10.0. The van der Waals surface area contributed by atoms with Crippen LogP contribution in [-0.2, 0) is 0 Å². The van der Waals surface area contributed by atoms with Crippen LogP contribution in [0.25, 0.3) is 0 Å². The third-order valence-electron chi connectivity index (χ3n) is 0.976. The van der Waals surface area contributed by atoms with Gasteiger partial charge in [-0.1, -0.05) is 0 Å². The standard InChI is InChI=1S/C4H6B2N2/c1-6-8-3-2-7(5)4-8/h2-4H,1H3/q+1. The average Bonchev–Trinajstić information content (AvgIpc) is 2.14. The summed E-state index contributed by atoms with van der Waals surface area (Å²) in [6, 6.07) is 0. The van der Waals surface area contributed by atoms with Crippen molar-refractivity contribution < 1.29 is 4.48 Å². The van der Waals surface area contributed by atoms with Gasteiger partial charge in [0.2, 0.25) is 6.33 Å². The molecule has 8 heavy (non-hydrogen) atoms. The van der Waals surface area contributed by atoms with Crippen LogP contribution in [0.1, 0.15) is 0 Å². The van der Waals surface area contributed by atoms with Gasteiger partial charge in [-0.05, 0) is 6.82 Å². The molecule has 4 heteroatoms. The van der Waals surface area contributed by atoms with Gasteiger partial charge in [-0.2, -0.15) is 0 Å². The second-order valence-corrected chi connectivity index (χ2v) is 1.57. The summed E-state index contributed by atoms with van der Waals surface area (Å²) in [5.41, 5.74) is 0. The molecule has 0 spiro atoms. The number of nitrogens with zero attached hydrogens (tertiary/aromatic N) is 2. The van der Waals surface area contributed by atoms with Gasteiger partial charge in [-0.25, -0.2) is 0 Å². The van der Waals surface area contributed by atoms with Crippen LogP contribution in [-0.4, -0.2) is 19.9 Å². The van der Waals surface area contributed by atoms with Gasteiger partial charge in [0.05, 0.1) is 0 Å². The maximum Gasteiger partial charge on any atom is 0.408 e. The first-order valence-corrected chi connectivity index (χ1v) is 2.46. The molecular weight excluding hydrogens is 97.7 g/mol. The molecule has 0 aliphatic carbocycles. The monoisotopic (exact) mass is 104 g/mol. The Morgan fingerprint density at radius 1 is 1.75 bits per heavy atom. The van der Waals surface area contributed by atoms with Gasteiger partial charge in [0.15, 0.2) is 0 Å². The number of rotatable bonds is 1. The van der Waals surface area contributed by atoms with Crippen molar-refractivity contribution in [3.63, 3.8) is 0 Å².